The molecular weight excluding hydrogens is 398 g/mol. The molecule has 0 amide bonds. The lowest BCUT2D eigenvalue weighted by Crippen LogP contribution is -2.17. The Morgan fingerprint density at radius 3 is 2.40 bits per heavy atom. The molecule has 0 bridgehead atoms. The lowest BCUT2D eigenvalue weighted by Gasteiger charge is -2.15. The maximum atomic E-state index is 6.51. The van der Waals surface area contributed by atoms with Gasteiger partial charge in [-0.2, -0.15) is 0 Å². The van der Waals surface area contributed by atoms with Crippen LogP contribution < -0.4 is 19.5 Å². The Bertz CT molecular complexity index is 974. The van der Waals surface area contributed by atoms with Crippen molar-refractivity contribution in [1.82, 2.24) is 5.32 Å². The van der Waals surface area contributed by atoms with E-state index in [1.807, 2.05) is 42.5 Å². The van der Waals surface area contributed by atoms with E-state index < -0.39 is 0 Å². The Labute approximate surface area is 183 Å². The van der Waals surface area contributed by atoms with Gasteiger partial charge in [0.1, 0.15) is 12.4 Å². The fourth-order valence-corrected chi connectivity index (χ4v) is 3.52. The van der Waals surface area contributed by atoms with Crippen LogP contribution in [0.25, 0.3) is 0 Å². The van der Waals surface area contributed by atoms with Gasteiger partial charge < -0.3 is 19.5 Å². The molecule has 0 aromatic heterocycles. The molecule has 0 fully saturated rings. The average Bonchev–Trinajstić information content (AvgIpc) is 2.76. The number of para-hydroxylation sites is 1. The van der Waals surface area contributed by atoms with Crippen LogP contribution in [0.2, 0.25) is 5.02 Å². The van der Waals surface area contributed by atoms with Crippen molar-refractivity contribution in [2.24, 2.45) is 0 Å². The van der Waals surface area contributed by atoms with Gasteiger partial charge in [-0.1, -0.05) is 59.6 Å². The number of ether oxygens (including phenoxy) is 3. The smallest absolute Gasteiger partial charge is 0.163 e. The zero-order chi connectivity index (χ0) is 21.3. The Balaban J connectivity index is 1.59. The van der Waals surface area contributed by atoms with E-state index in [-0.39, 0.29) is 0 Å². The van der Waals surface area contributed by atoms with Crippen LogP contribution in [-0.2, 0) is 19.6 Å². The first-order chi connectivity index (χ1) is 14.6. The van der Waals surface area contributed by atoms with Crippen LogP contribution >= 0.6 is 11.6 Å². The van der Waals surface area contributed by atoms with Gasteiger partial charge >= 0.3 is 0 Å². The van der Waals surface area contributed by atoms with E-state index in [9.17, 15) is 0 Å². The lowest BCUT2D eigenvalue weighted by atomic mass is 10.1. The molecule has 0 saturated heterocycles. The third kappa shape index (κ3) is 5.91. The molecule has 3 rings (SSSR count). The highest BCUT2D eigenvalue weighted by atomic mass is 35.5. The van der Waals surface area contributed by atoms with E-state index in [4.69, 9.17) is 25.8 Å². The van der Waals surface area contributed by atoms with Crippen LogP contribution in [0.15, 0.2) is 60.7 Å². The summed E-state index contributed by atoms with van der Waals surface area (Å²) in [6, 6.07) is 20.1. The molecule has 0 aliphatic carbocycles. The van der Waals surface area contributed by atoms with Crippen LogP contribution in [0.1, 0.15) is 22.3 Å². The fourth-order valence-electron chi connectivity index (χ4n) is 3.30. The van der Waals surface area contributed by atoms with Crippen LogP contribution in [-0.4, -0.2) is 20.8 Å². The highest BCUT2D eigenvalue weighted by molar-refractivity contribution is 6.31. The SMILES string of the molecule is COc1ccccc1CCNCc1cc(OC)c(OCc2cccc(C)c2)cc1Cl. The van der Waals surface area contributed by atoms with Crippen molar-refractivity contribution in [1.29, 1.82) is 0 Å². The minimum absolute atomic E-state index is 0.463. The summed E-state index contributed by atoms with van der Waals surface area (Å²) in [5.74, 6) is 2.23. The topological polar surface area (TPSA) is 39.7 Å². The first kappa shape index (κ1) is 22.0. The van der Waals surface area contributed by atoms with Gasteiger partial charge in [-0.3, -0.25) is 0 Å². The molecule has 0 aliphatic rings. The lowest BCUT2D eigenvalue weighted by molar-refractivity contribution is 0.284. The molecule has 3 aromatic rings. The van der Waals surface area contributed by atoms with Gasteiger partial charge in [-0.05, 0) is 48.7 Å². The van der Waals surface area contributed by atoms with E-state index in [0.717, 1.165) is 29.8 Å². The summed E-state index contributed by atoms with van der Waals surface area (Å²) < 4.78 is 16.9. The summed E-state index contributed by atoms with van der Waals surface area (Å²) in [6.07, 6.45) is 0.871. The third-order valence-corrected chi connectivity index (χ3v) is 5.24. The molecule has 0 saturated carbocycles. The largest absolute Gasteiger partial charge is 0.496 e. The van der Waals surface area contributed by atoms with Crippen LogP contribution in [0.3, 0.4) is 0 Å². The van der Waals surface area contributed by atoms with Crippen molar-refractivity contribution in [3.8, 4) is 17.2 Å². The predicted molar refractivity (Wildman–Crippen MR) is 122 cm³/mol. The van der Waals surface area contributed by atoms with E-state index in [1.54, 1.807) is 14.2 Å². The molecule has 1 N–H and O–H groups in total. The van der Waals surface area contributed by atoms with Gasteiger partial charge in [0.15, 0.2) is 11.5 Å². The molecular formula is C25H28ClNO3. The average molecular weight is 426 g/mol. The van der Waals surface area contributed by atoms with Gasteiger partial charge in [0.2, 0.25) is 0 Å². The van der Waals surface area contributed by atoms with Crippen molar-refractivity contribution < 1.29 is 14.2 Å². The van der Waals surface area contributed by atoms with Crippen molar-refractivity contribution >= 4 is 11.6 Å². The number of hydrogen-bond acceptors (Lipinski definition) is 4. The molecule has 0 atom stereocenters. The fraction of sp³-hybridized carbons (Fsp3) is 0.280. The second-order valence-electron chi connectivity index (χ2n) is 7.11. The molecule has 0 spiro atoms. The number of methoxy groups -OCH3 is 2. The van der Waals surface area contributed by atoms with Gasteiger partial charge in [0, 0.05) is 17.6 Å². The number of aryl methyl sites for hydroxylation is 1. The third-order valence-electron chi connectivity index (χ3n) is 4.89. The van der Waals surface area contributed by atoms with Gasteiger partial charge in [-0.25, -0.2) is 0 Å². The normalized spacial score (nSPS) is 10.7. The Hall–Kier alpha value is -2.69. The van der Waals surface area contributed by atoms with Crippen molar-refractivity contribution in [3.63, 3.8) is 0 Å². The summed E-state index contributed by atoms with van der Waals surface area (Å²) >= 11 is 6.51. The van der Waals surface area contributed by atoms with Gasteiger partial charge in [0.25, 0.3) is 0 Å². The molecule has 0 heterocycles. The minimum Gasteiger partial charge on any atom is -0.496 e. The zero-order valence-corrected chi connectivity index (χ0v) is 18.5. The summed E-state index contributed by atoms with van der Waals surface area (Å²) in [6.45, 7) is 3.98. The molecule has 158 valence electrons. The molecule has 30 heavy (non-hydrogen) atoms. The molecule has 0 aliphatic heterocycles. The van der Waals surface area contributed by atoms with Crippen LogP contribution in [0, 0.1) is 6.92 Å². The Kier molecular flexibility index (Phi) is 8.00. The van der Waals surface area contributed by atoms with Crippen molar-refractivity contribution in [2.45, 2.75) is 26.5 Å². The zero-order valence-electron chi connectivity index (χ0n) is 17.7. The monoisotopic (exact) mass is 425 g/mol. The van der Waals surface area contributed by atoms with Crippen LogP contribution in [0.4, 0.5) is 0 Å². The summed E-state index contributed by atoms with van der Waals surface area (Å²) in [5, 5.41) is 4.09. The molecule has 0 unspecified atom stereocenters. The number of hydrogen-bond donors (Lipinski definition) is 1. The molecule has 0 radical (unpaired) electrons. The highest BCUT2D eigenvalue weighted by Crippen LogP contribution is 2.34. The Morgan fingerprint density at radius 1 is 0.833 bits per heavy atom. The van der Waals surface area contributed by atoms with E-state index >= 15 is 0 Å². The summed E-state index contributed by atoms with van der Waals surface area (Å²) in [7, 11) is 3.34. The maximum absolute atomic E-state index is 6.51. The minimum atomic E-state index is 0.463. The number of halogens is 1. The highest BCUT2D eigenvalue weighted by Gasteiger charge is 2.11. The molecule has 4 nitrogen and oxygen atoms in total. The summed E-state index contributed by atoms with van der Waals surface area (Å²) in [5.41, 5.74) is 4.46. The van der Waals surface area contributed by atoms with E-state index in [0.29, 0.717) is 29.7 Å². The first-order valence-electron chi connectivity index (χ1n) is 9.98. The van der Waals surface area contributed by atoms with Gasteiger partial charge in [-0.15, -0.1) is 0 Å². The first-order valence-corrected chi connectivity index (χ1v) is 10.4. The van der Waals surface area contributed by atoms with Crippen molar-refractivity contribution in [3.05, 3.63) is 87.9 Å². The molecule has 5 heteroatoms. The second-order valence-corrected chi connectivity index (χ2v) is 7.52. The van der Waals surface area contributed by atoms with Gasteiger partial charge in [0.05, 0.1) is 14.2 Å². The Morgan fingerprint density at radius 2 is 1.63 bits per heavy atom. The van der Waals surface area contributed by atoms with E-state index in [2.05, 4.69) is 30.4 Å². The maximum Gasteiger partial charge on any atom is 0.163 e. The summed E-state index contributed by atoms with van der Waals surface area (Å²) in [4.78, 5) is 0. The quantitative estimate of drug-likeness (QED) is 0.430. The standard InChI is InChI=1S/C25H28ClNO3/c1-18-7-6-8-19(13-18)17-30-25-15-22(26)21(14-24(25)29-3)16-27-12-11-20-9-4-5-10-23(20)28-2/h4-10,13-15,27H,11-12,16-17H2,1-3H3. The number of rotatable bonds is 10. The number of benzene rings is 3. The molecule has 3 aromatic carbocycles. The van der Waals surface area contributed by atoms with E-state index in [1.165, 1.54) is 11.1 Å². The predicted octanol–water partition coefficient (Wildman–Crippen LogP) is 5.58. The van der Waals surface area contributed by atoms with Crippen LogP contribution in [0.5, 0.6) is 17.2 Å². The number of nitrogens with one attached hydrogen (secondary N) is 1. The second kappa shape index (κ2) is 10.9. The van der Waals surface area contributed by atoms with Crippen molar-refractivity contribution in [2.75, 3.05) is 20.8 Å².